The van der Waals surface area contributed by atoms with E-state index in [4.69, 9.17) is 4.74 Å². The van der Waals surface area contributed by atoms with Gasteiger partial charge in [-0.15, -0.1) is 0 Å². The Kier molecular flexibility index (Phi) is 4.95. The minimum Gasteiger partial charge on any atom is -0.487 e. The molecule has 0 spiro atoms. The Morgan fingerprint density at radius 1 is 1.17 bits per heavy atom. The van der Waals surface area contributed by atoms with Crippen LogP contribution in [-0.2, 0) is 0 Å². The van der Waals surface area contributed by atoms with Gasteiger partial charge in [0.1, 0.15) is 11.4 Å². The van der Waals surface area contributed by atoms with Crippen LogP contribution in [-0.4, -0.2) is 11.5 Å². The quantitative estimate of drug-likeness (QED) is 0.776. The molecule has 0 radical (unpaired) electrons. The number of halogens is 1. The molecule has 4 heteroatoms. The van der Waals surface area contributed by atoms with Gasteiger partial charge < -0.3 is 10.1 Å². The molecular formula is C20H22BrNO2. The standard InChI is InChI=1S/C20H22BrNO2/c1-3-20(4-2)13-17(16-7-5-6-8-18(16)24-20)22-19(23)14-9-11-15(21)12-10-14/h5-12,17H,3-4,13H2,1-2H3,(H,22,23)/t17-/m0/s1. The first kappa shape index (κ1) is 17.0. The summed E-state index contributed by atoms with van der Waals surface area (Å²) in [5.74, 6) is 0.832. The molecular weight excluding hydrogens is 366 g/mol. The summed E-state index contributed by atoms with van der Waals surface area (Å²) >= 11 is 3.40. The summed E-state index contributed by atoms with van der Waals surface area (Å²) in [6.07, 6.45) is 2.63. The molecule has 3 nitrogen and oxygen atoms in total. The second-order valence-corrected chi connectivity index (χ2v) is 7.18. The third-order valence-corrected chi connectivity index (χ3v) is 5.43. The van der Waals surface area contributed by atoms with Crippen molar-refractivity contribution in [3.63, 3.8) is 0 Å². The number of para-hydroxylation sites is 1. The van der Waals surface area contributed by atoms with Crippen molar-refractivity contribution >= 4 is 21.8 Å². The Labute approximate surface area is 151 Å². The van der Waals surface area contributed by atoms with Gasteiger partial charge in [-0.2, -0.15) is 0 Å². The van der Waals surface area contributed by atoms with E-state index >= 15 is 0 Å². The lowest BCUT2D eigenvalue weighted by molar-refractivity contribution is 0.0227. The van der Waals surface area contributed by atoms with Gasteiger partial charge in [0, 0.05) is 22.0 Å². The minimum atomic E-state index is -0.216. The number of benzene rings is 2. The smallest absolute Gasteiger partial charge is 0.251 e. The summed E-state index contributed by atoms with van der Waals surface area (Å²) in [4.78, 5) is 12.7. The first-order chi connectivity index (χ1) is 11.6. The molecule has 0 unspecified atom stereocenters. The molecule has 24 heavy (non-hydrogen) atoms. The summed E-state index contributed by atoms with van der Waals surface area (Å²) in [6, 6.07) is 15.4. The Morgan fingerprint density at radius 2 is 1.83 bits per heavy atom. The lowest BCUT2D eigenvalue weighted by atomic mass is 9.83. The molecule has 1 aliphatic rings. The van der Waals surface area contributed by atoms with Crippen molar-refractivity contribution in [2.45, 2.75) is 44.8 Å². The van der Waals surface area contributed by atoms with E-state index < -0.39 is 0 Å². The van der Waals surface area contributed by atoms with Crippen molar-refractivity contribution in [2.24, 2.45) is 0 Å². The van der Waals surface area contributed by atoms with Gasteiger partial charge in [-0.1, -0.05) is 48.0 Å². The molecule has 0 aliphatic carbocycles. The van der Waals surface area contributed by atoms with Gasteiger partial charge in [0.15, 0.2) is 0 Å². The molecule has 0 saturated carbocycles. The van der Waals surface area contributed by atoms with E-state index in [1.54, 1.807) is 0 Å². The van der Waals surface area contributed by atoms with Gasteiger partial charge in [-0.3, -0.25) is 4.79 Å². The number of fused-ring (bicyclic) bond motifs is 1. The van der Waals surface area contributed by atoms with E-state index in [-0.39, 0.29) is 17.6 Å². The highest BCUT2D eigenvalue weighted by Gasteiger charge is 2.38. The number of carbonyl (C=O) groups is 1. The van der Waals surface area contributed by atoms with Crippen molar-refractivity contribution in [1.29, 1.82) is 0 Å². The van der Waals surface area contributed by atoms with E-state index in [0.717, 1.165) is 35.0 Å². The molecule has 1 atom stereocenters. The van der Waals surface area contributed by atoms with Gasteiger partial charge in [0.05, 0.1) is 6.04 Å². The average molecular weight is 388 g/mol. The fraction of sp³-hybridized carbons (Fsp3) is 0.350. The fourth-order valence-corrected chi connectivity index (χ4v) is 3.54. The van der Waals surface area contributed by atoms with Crippen LogP contribution in [0.1, 0.15) is 55.1 Å². The lowest BCUT2D eigenvalue weighted by Crippen LogP contribution is -2.44. The van der Waals surface area contributed by atoms with Crippen LogP contribution in [0.15, 0.2) is 53.0 Å². The maximum Gasteiger partial charge on any atom is 0.251 e. The van der Waals surface area contributed by atoms with E-state index in [1.807, 2.05) is 48.5 Å². The van der Waals surface area contributed by atoms with Crippen LogP contribution < -0.4 is 10.1 Å². The van der Waals surface area contributed by atoms with E-state index in [9.17, 15) is 4.79 Å². The van der Waals surface area contributed by atoms with Crippen molar-refractivity contribution in [1.82, 2.24) is 5.32 Å². The molecule has 0 saturated heterocycles. The number of hydrogen-bond donors (Lipinski definition) is 1. The minimum absolute atomic E-state index is 0.0361. The zero-order valence-corrected chi connectivity index (χ0v) is 15.6. The summed E-state index contributed by atoms with van der Waals surface area (Å²) in [6.45, 7) is 4.29. The molecule has 2 aromatic rings. The van der Waals surface area contributed by atoms with Crippen molar-refractivity contribution < 1.29 is 9.53 Å². The highest BCUT2D eigenvalue weighted by atomic mass is 79.9. The van der Waals surface area contributed by atoms with Crippen molar-refractivity contribution in [2.75, 3.05) is 0 Å². The van der Waals surface area contributed by atoms with Crippen LogP contribution >= 0.6 is 15.9 Å². The number of nitrogens with one attached hydrogen (secondary N) is 1. The fourth-order valence-electron chi connectivity index (χ4n) is 3.27. The summed E-state index contributed by atoms with van der Waals surface area (Å²) in [5, 5.41) is 3.20. The third-order valence-electron chi connectivity index (χ3n) is 4.90. The monoisotopic (exact) mass is 387 g/mol. The predicted molar refractivity (Wildman–Crippen MR) is 99.3 cm³/mol. The zero-order valence-electron chi connectivity index (χ0n) is 14.0. The molecule has 2 aromatic carbocycles. The predicted octanol–water partition coefficient (Wildman–Crippen LogP) is 5.26. The van der Waals surface area contributed by atoms with Crippen molar-refractivity contribution in [3.8, 4) is 5.75 Å². The van der Waals surface area contributed by atoms with E-state index in [1.165, 1.54) is 0 Å². The Bertz CT molecular complexity index is 723. The van der Waals surface area contributed by atoms with Gasteiger partial charge in [-0.05, 0) is 43.2 Å². The number of ether oxygens (including phenoxy) is 1. The third kappa shape index (κ3) is 3.34. The molecule has 3 rings (SSSR count). The summed E-state index contributed by atoms with van der Waals surface area (Å²) in [7, 11) is 0. The molecule has 1 amide bonds. The van der Waals surface area contributed by atoms with Crippen LogP contribution in [0.3, 0.4) is 0 Å². The number of amides is 1. The largest absolute Gasteiger partial charge is 0.487 e. The molecule has 0 bridgehead atoms. The molecule has 1 aliphatic heterocycles. The van der Waals surface area contributed by atoms with Crippen LogP contribution in [0.2, 0.25) is 0 Å². The lowest BCUT2D eigenvalue weighted by Gasteiger charge is -2.41. The van der Waals surface area contributed by atoms with E-state index in [0.29, 0.717) is 5.56 Å². The highest BCUT2D eigenvalue weighted by molar-refractivity contribution is 9.10. The second-order valence-electron chi connectivity index (χ2n) is 6.27. The average Bonchev–Trinajstić information content (AvgIpc) is 2.62. The molecule has 126 valence electrons. The van der Waals surface area contributed by atoms with E-state index in [2.05, 4.69) is 35.1 Å². The molecule has 0 aromatic heterocycles. The van der Waals surface area contributed by atoms with Crippen LogP contribution in [0, 0.1) is 0 Å². The maximum absolute atomic E-state index is 12.7. The zero-order chi connectivity index (χ0) is 17.2. The molecule has 0 fully saturated rings. The first-order valence-corrected chi connectivity index (χ1v) is 9.20. The normalized spacial score (nSPS) is 18.4. The topological polar surface area (TPSA) is 38.3 Å². The first-order valence-electron chi connectivity index (χ1n) is 8.41. The number of carbonyl (C=O) groups excluding carboxylic acids is 1. The van der Waals surface area contributed by atoms with Gasteiger partial charge in [-0.25, -0.2) is 0 Å². The van der Waals surface area contributed by atoms with Gasteiger partial charge in [0.2, 0.25) is 0 Å². The Morgan fingerprint density at radius 3 is 2.50 bits per heavy atom. The molecule has 1 heterocycles. The highest BCUT2D eigenvalue weighted by Crippen LogP contribution is 2.42. The summed E-state index contributed by atoms with van der Waals surface area (Å²) in [5.41, 5.74) is 1.51. The van der Waals surface area contributed by atoms with Gasteiger partial charge in [0.25, 0.3) is 5.91 Å². The Hall–Kier alpha value is -1.81. The van der Waals surface area contributed by atoms with Crippen molar-refractivity contribution in [3.05, 3.63) is 64.1 Å². The Balaban J connectivity index is 1.88. The van der Waals surface area contributed by atoms with Gasteiger partial charge >= 0.3 is 0 Å². The van der Waals surface area contributed by atoms with Crippen LogP contribution in [0.5, 0.6) is 5.75 Å². The number of rotatable bonds is 4. The van der Waals surface area contributed by atoms with Crippen LogP contribution in [0.25, 0.3) is 0 Å². The SMILES string of the molecule is CCC1(CC)C[C@H](NC(=O)c2ccc(Br)cc2)c2ccccc2O1. The number of hydrogen-bond acceptors (Lipinski definition) is 2. The molecule has 1 N–H and O–H groups in total. The van der Waals surface area contributed by atoms with Crippen LogP contribution in [0.4, 0.5) is 0 Å². The second kappa shape index (κ2) is 6.98. The summed E-state index contributed by atoms with van der Waals surface area (Å²) < 4.78 is 7.26. The maximum atomic E-state index is 12.7.